The van der Waals surface area contributed by atoms with Gasteiger partial charge in [-0.15, -0.1) is 0 Å². The summed E-state index contributed by atoms with van der Waals surface area (Å²) in [5.74, 6) is 0.147. The summed E-state index contributed by atoms with van der Waals surface area (Å²) in [6.45, 7) is 13.2. The quantitative estimate of drug-likeness (QED) is 0.0793. The van der Waals surface area contributed by atoms with Gasteiger partial charge in [0.15, 0.2) is 5.03 Å². The molecule has 4 aliphatic carbocycles. The molecular weight excluding hydrogens is 501 g/mol. The van der Waals surface area contributed by atoms with Crippen molar-refractivity contribution in [2.24, 2.45) is 45.2 Å². The van der Waals surface area contributed by atoms with Crippen molar-refractivity contribution in [1.29, 1.82) is 0 Å². The van der Waals surface area contributed by atoms with E-state index in [1.165, 1.54) is 0 Å². The Hall–Kier alpha value is -2.21. The van der Waals surface area contributed by atoms with Gasteiger partial charge in [0.05, 0.1) is 17.6 Å². The Balaban J connectivity index is 1.43. The lowest BCUT2D eigenvalue weighted by atomic mass is 9.43. The maximum Gasteiger partial charge on any atom is 0.481 e. The van der Waals surface area contributed by atoms with Gasteiger partial charge in [-0.1, -0.05) is 40.0 Å². The van der Waals surface area contributed by atoms with Gasteiger partial charge in [-0.2, -0.15) is 0 Å². The topological polar surface area (TPSA) is 158 Å². The molecule has 0 aromatic rings. The van der Waals surface area contributed by atoms with Crippen LogP contribution in [0.3, 0.4) is 0 Å². The van der Waals surface area contributed by atoms with E-state index in [1.54, 1.807) is 0 Å². The van der Waals surface area contributed by atoms with Crippen LogP contribution in [0.1, 0.15) is 92.9 Å². The first kappa shape index (κ1) is 29.8. The van der Waals surface area contributed by atoms with Crippen LogP contribution in [-0.2, 0) is 18.9 Å². The lowest BCUT2D eigenvalue weighted by Gasteiger charge is -2.64. The second kappa shape index (κ2) is 11.0. The number of carbonyl (C=O) groups is 2. The number of nitrogens with two attached hydrogens (primary N) is 1. The molecule has 0 radical (unpaired) electrons. The Bertz CT molecular complexity index is 1000. The Kier molecular flexibility index (Phi) is 8.39. The van der Waals surface area contributed by atoms with Gasteiger partial charge in [0, 0.05) is 24.3 Å². The highest BCUT2D eigenvalue weighted by Crippen LogP contribution is 2.65. The fourth-order valence-corrected chi connectivity index (χ4v) is 7.05. The van der Waals surface area contributed by atoms with Gasteiger partial charge in [0.25, 0.3) is 5.96 Å². The van der Waals surface area contributed by atoms with Crippen LogP contribution in [0, 0.1) is 44.6 Å². The van der Waals surface area contributed by atoms with E-state index in [2.05, 4.69) is 44.9 Å². The number of carbonyl (C=O) groups excluding carboxylic acids is 2. The van der Waals surface area contributed by atoms with Crippen LogP contribution >= 0.6 is 0 Å². The molecule has 1 amide bonds. The molecule has 6 atom stereocenters. The smallest absolute Gasteiger partial charge is 0.404 e. The minimum atomic E-state index is -0.771. The number of hydrazine groups is 1. The molecule has 39 heavy (non-hydrogen) atoms. The zero-order valence-corrected chi connectivity index (χ0v) is 24.3. The number of amides is 1. The third-order valence-electron chi connectivity index (χ3n) is 10.0. The molecule has 1 heterocycles. The Labute approximate surface area is 232 Å². The minimum absolute atomic E-state index is 0.0223. The lowest BCUT2D eigenvalue weighted by Crippen LogP contribution is -2.65. The summed E-state index contributed by atoms with van der Waals surface area (Å²) < 4.78 is 13.2. The Morgan fingerprint density at radius 1 is 1.21 bits per heavy atom. The van der Waals surface area contributed by atoms with Crippen molar-refractivity contribution < 1.29 is 23.9 Å². The Morgan fingerprint density at radius 2 is 1.90 bits per heavy atom. The molecule has 1 aliphatic heterocycles. The molecule has 11 nitrogen and oxygen atoms in total. The molecule has 0 spiro atoms. The molecular formula is C27H46BN5O6. The number of nitrogens with one attached hydrogen (secondary N) is 2. The number of aliphatic imine (C=N–C) groups is 1. The number of nitrogens with zero attached hydrogens (tertiary/aromatic N) is 2. The standard InChI is InChI=1S/C27H46BN5O6/c1-16(2)12-22(28-38-21-15-18-14-19(25(18,3)4)27(21,6)39-28)31-23(35)17(13-20(34)26(5)9-10-26)8-7-11-30-24(29)32-33(36)37/h16-19,21-22H,7-15H2,1-6H3,(H,31,35)(H3,29,30,32)/t17-,18-,19-,21-,22+,27+/m1/s1. The van der Waals surface area contributed by atoms with Crippen LogP contribution in [0.5, 0.6) is 0 Å². The van der Waals surface area contributed by atoms with Gasteiger partial charge in [0.1, 0.15) is 5.78 Å². The van der Waals surface area contributed by atoms with Gasteiger partial charge >= 0.3 is 7.12 Å². The molecule has 0 aromatic carbocycles. The summed E-state index contributed by atoms with van der Waals surface area (Å²) in [4.78, 5) is 41.1. The molecule has 2 bridgehead atoms. The summed E-state index contributed by atoms with van der Waals surface area (Å²) in [7, 11) is -0.531. The molecule has 4 saturated carbocycles. The minimum Gasteiger partial charge on any atom is -0.404 e. The molecule has 5 fully saturated rings. The number of nitro groups is 1. The van der Waals surface area contributed by atoms with Crippen molar-refractivity contribution in [3.8, 4) is 0 Å². The molecule has 218 valence electrons. The highest BCUT2D eigenvalue weighted by atomic mass is 16.7. The number of rotatable bonds is 13. The summed E-state index contributed by atoms with van der Waals surface area (Å²) >= 11 is 0. The van der Waals surface area contributed by atoms with Crippen molar-refractivity contribution in [2.75, 3.05) is 6.54 Å². The van der Waals surface area contributed by atoms with E-state index in [9.17, 15) is 19.7 Å². The van der Waals surface area contributed by atoms with E-state index < -0.39 is 18.1 Å². The van der Waals surface area contributed by atoms with E-state index in [1.807, 2.05) is 12.3 Å². The number of hydrogen-bond acceptors (Lipinski definition) is 7. The van der Waals surface area contributed by atoms with Crippen LogP contribution in [-0.4, -0.2) is 54.0 Å². The molecule has 4 N–H and O–H groups in total. The lowest BCUT2D eigenvalue weighted by molar-refractivity contribution is -0.525. The normalized spacial score (nSPS) is 31.6. The van der Waals surface area contributed by atoms with E-state index in [-0.39, 0.29) is 59.1 Å². The second-order valence-electron chi connectivity index (χ2n) is 13.7. The Morgan fingerprint density at radius 3 is 2.49 bits per heavy atom. The van der Waals surface area contributed by atoms with Gasteiger partial charge < -0.3 is 20.4 Å². The monoisotopic (exact) mass is 547 g/mol. The summed E-state index contributed by atoms with van der Waals surface area (Å²) in [5.41, 5.74) is 6.85. The van der Waals surface area contributed by atoms with Crippen LogP contribution in [0.25, 0.3) is 0 Å². The van der Waals surface area contributed by atoms with Crippen LogP contribution in [0.15, 0.2) is 4.99 Å². The molecule has 12 heteroatoms. The number of Topliss-reactive ketones (excluding diaryl/α,β-unsaturated/α-hetero) is 1. The average Bonchev–Trinajstić information content (AvgIpc) is 3.47. The first-order valence-corrected chi connectivity index (χ1v) is 14.5. The van der Waals surface area contributed by atoms with Crippen LogP contribution in [0.4, 0.5) is 0 Å². The molecule has 5 aliphatic rings. The highest BCUT2D eigenvalue weighted by molar-refractivity contribution is 6.47. The highest BCUT2D eigenvalue weighted by Gasteiger charge is 2.68. The number of hydrogen-bond donors (Lipinski definition) is 3. The van der Waals surface area contributed by atoms with Crippen molar-refractivity contribution in [1.82, 2.24) is 10.7 Å². The SMILES string of the molecule is CC(C)C[C@H](NC(=O)[C@H](CCCN=C(N)N[N+](=O)[O-])CC(=O)C1(C)CC1)B1O[C@@H]2C[C@H]3C[C@H](C3(C)C)[C@]2(C)O1. The molecule has 0 aromatic heterocycles. The maximum absolute atomic E-state index is 13.7. The van der Waals surface area contributed by atoms with Gasteiger partial charge in [-0.05, 0) is 75.0 Å². The fourth-order valence-electron chi connectivity index (χ4n) is 7.05. The first-order chi connectivity index (χ1) is 18.2. The predicted molar refractivity (Wildman–Crippen MR) is 148 cm³/mol. The zero-order chi connectivity index (χ0) is 28.8. The molecule has 0 unspecified atom stereocenters. The summed E-state index contributed by atoms with van der Waals surface area (Å²) in [6.07, 6.45) is 5.60. The molecule has 1 saturated heterocycles. The van der Waals surface area contributed by atoms with Gasteiger partial charge in [-0.25, -0.2) is 15.1 Å². The van der Waals surface area contributed by atoms with Crippen molar-refractivity contribution in [3.63, 3.8) is 0 Å². The third-order valence-corrected chi connectivity index (χ3v) is 10.0. The largest absolute Gasteiger partial charge is 0.481 e. The summed E-state index contributed by atoms with van der Waals surface area (Å²) in [6, 6.07) is 0. The van der Waals surface area contributed by atoms with Gasteiger partial charge in [-0.3, -0.25) is 9.59 Å². The van der Waals surface area contributed by atoms with Crippen molar-refractivity contribution >= 4 is 24.8 Å². The number of guanidine groups is 1. The maximum atomic E-state index is 13.7. The summed E-state index contributed by atoms with van der Waals surface area (Å²) in [5, 5.41) is 13.0. The number of ketones is 1. The van der Waals surface area contributed by atoms with Gasteiger partial charge in [0.2, 0.25) is 5.91 Å². The van der Waals surface area contributed by atoms with E-state index in [0.717, 1.165) is 25.7 Å². The fraction of sp³-hybridized carbons (Fsp3) is 0.889. The van der Waals surface area contributed by atoms with Crippen molar-refractivity contribution in [2.45, 2.75) is 111 Å². The first-order valence-electron chi connectivity index (χ1n) is 14.5. The second-order valence-corrected chi connectivity index (χ2v) is 13.7. The average molecular weight is 548 g/mol. The van der Waals surface area contributed by atoms with E-state index >= 15 is 0 Å². The van der Waals surface area contributed by atoms with Crippen molar-refractivity contribution in [3.05, 3.63) is 10.1 Å². The predicted octanol–water partition coefficient (Wildman–Crippen LogP) is 3.04. The van der Waals surface area contributed by atoms with E-state index in [0.29, 0.717) is 37.0 Å². The zero-order valence-electron chi connectivity index (χ0n) is 24.3. The van der Waals surface area contributed by atoms with E-state index in [4.69, 9.17) is 15.0 Å². The molecule has 5 rings (SSSR count). The van der Waals surface area contributed by atoms with Crippen LogP contribution in [0.2, 0.25) is 0 Å². The van der Waals surface area contributed by atoms with Crippen LogP contribution < -0.4 is 16.5 Å². The third kappa shape index (κ3) is 6.26.